The van der Waals surface area contributed by atoms with Crippen molar-refractivity contribution in [3.05, 3.63) is 64.0 Å². The smallest absolute Gasteiger partial charge is 0.341 e. The van der Waals surface area contributed by atoms with Crippen LogP contribution in [0.25, 0.3) is 10.8 Å². The largest absolute Gasteiger partial charge is 0.456 e. The number of hydrogen-bond acceptors (Lipinski definition) is 5. The van der Waals surface area contributed by atoms with Crippen LogP contribution in [0.5, 0.6) is 0 Å². The number of rotatable bonds is 3. The van der Waals surface area contributed by atoms with E-state index in [1.165, 1.54) is 32.5 Å². The molecule has 2 aromatic carbocycles. The molecular formula is C23H26N2O2S. The van der Waals surface area contributed by atoms with E-state index in [9.17, 15) is 4.79 Å². The maximum atomic E-state index is 12.6. The van der Waals surface area contributed by atoms with Gasteiger partial charge in [-0.3, -0.25) is 4.90 Å². The Morgan fingerprint density at radius 2 is 1.93 bits per heavy atom. The van der Waals surface area contributed by atoms with Gasteiger partial charge in [0.1, 0.15) is 10.6 Å². The summed E-state index contributed by atoms with van der Waals surface area (Å²) < 4.78 is 5.57. The Hall–Kier alpha value is -2.37. The van der Waals surface area contributed by atoms with Gasteiger partial charge in [0.2, 0.25) is 0 Å². The second-order valence-electron chi connectivity index (χ2n) is 8.39. The third-order valence-corrected chi connectivity index (χ3v) is 6.03. The van der Waals surface area contributed by atoms with Gasteiger partial charge in [-0.2, -0.15) is 0 Å². The van der Waals surface area contributed by atoms with E-state index < -0.39 is 5.60 Å². The second kappa shape index (κ2) is 7.22. The standard InChI is InChI=1S/C23H26N2O2S/c1-23(2,3)27-22(26)20-18-10-11-25(14-19(18)28-21(20)24)13-15-8-9-16-6-4-5-7-17(16)12-15/h4-9,12H,10-11,13-14,24H2,1-3H3. The molecule has 0 amide bonds. The zero-order valence-corrected chi connectivity index (χ0v) is 17.4. The molecular weight excluding hydrogens is 368 g/mol. The Balaban J connectivity index is 1.52. The van der Waals surface area contributed by atoms with Crippen LogP contribution in [0.4, 0.5) is 5.00 Å². The number of benzene rings is 2. The molecule has 2 heterocycles. The summed E-state index contributed by atoms with van der Waals surface area (Å²) in [5.41, 5.74) is 8.65. The Kier molecular flexibility index (Phi) is 4.89. The summed E-state index contributed by atoms with van der Waals surface area (Å²) >= 11 is 1.52. The van der Waals surface area contributed by atoms with E-state index in [2.05, 4.69) is 47.4 Å². The molecule has 1 aliphatic heterocycles. The van der Waals surface area contributed by atoms with E-state index in [1.807, 2.05) is 20.8 Å². The van der Waals surface area contributed by atoms with Gasteiger partial charge in [-0.05, 0) is 55.2 Å². The van der Waals surface area contributed by atoms with Gasteiger partial charge >= 0.3 is 5.97 Å². The predicted octanol–water partition coefficient (Wildman–Crippen LogP) is 5.00. The molecule has 0 spiro atoms. The first kappa shape index (κ1) is 19.0. The van der Waals surface area contributed by atoms with Crippen LogP contribution in [-0.4, -0.2) is 23.0 Å². The molecule has 1 aliphatic rings. The minimum absolute atomic E-state index is 0.300. The normalized spacial score (nSPS) is 14.8. The number of carbonyl (C=O) groups is 1. The average Bonchev–Trinajstić information content (AvgIpc) is 2.95. The van der Waals surface area contributed by atoms with Gasteiger partial charge in [0.25, 0.3) is 0 Å². The van der Waals surface area contributed by atoms with Gasteiger partial charge in [0, 0.05) is 24.5 Å². The number of carbonyl (C=O) groups excluding carboxylic acids is 1. The lowest BCUT2D eigenvalue weighted by Gasteiger charge is -2.27. The Bertz CT molecular complexity index is 1030. The Morgan fingerprint density at radius 3 is 2.68 bits per heavy atom. The van der Waals surface area contributed by atoms with Crippen molar-refractivity contribution < 1.29 is 9.53 Å². The molecule has 0 saturated carbocycles. The number of ether oxygens (including phenoxy) is 1. The summed E-state index contributed by atoms with van der Waals surface area (Å²) in [6.07, 6.45) is 0.825. The minimum Gasteiger partial charge on any atom is -0.456 e. The maximum absolute atomic E-state index is 12.6. The van der Waals surface area contributed by atoms with Gasteiger partial charge in [0.15, 0.2) is 0 Å². The molecule has 146 valence electrons. The summed E-state index contributed by atoms with van der Waals surface area (Å²) in [5.74, 6) is -0.300. The van der Waals surface area contributed by atoms with Crippen molar-refractivity contribution >= 4 is 33.1 Å². The highest BCUT2D eigenvalue weighted by atomic mass is 32.1. The van der Waals surface area contributed by atoms with Crippen molar-refractivity contribution in [1.82, 2.24) is 4.90 Å². The fraction of sp³-hybridized carbons (Fsp3) is 0.348. The summed E-state index contributed by atoms with van der Waals surface area (Å²) in [4.78, 5) is 16.2. The van der Waals surface area contributed by atoms with Crippen molar-refractivity contribution in [3.63, 3.8) is 0 Å². The Labute approximate surface area is 169 Å². The molecule has 1 aromatic heterocycles. The fourth-order valence-electron chi connectivity index (χ4n) is 3.76. The second-order valence-corrected chi connectivity index (χ2v) is 9.52. The van der Waals surface area contributed by atoms with Crippen molar-refractivity contribution in [3.8, 4) is 0 Å². The van der Waals surface area contributed by atoms with Crippen molar-refractivity contribution in [1.29, 1.82) is 0 Å². The molecule has 3 aromatic rings. The lowest BCUT2D eigenvalue weighted by Crippen LogP contribution is -2.30. The van der Waals surface area contributed by atoms with E-state index >= 15 is 0 Å². The molecule has 5 heteroatoms. The molecule has 0 bridgehead atoms. The molecule has 0 aliphatic carbocycles. The van der Waals surface area contributed by atoms with Crippen LogP contribution >= 0.6 is 11.3 Å². The summed E-state index contributed by atoms with van der Waals surface area (Å²) in [6, 6.07) is 15.1. The highest BCUT2D eigenvalue weighted by Crippen LogP contribution is 2.36. The van der Waals surface area contributed by atoms with Crippen molar-refractivity contribution in [2.45, 2.75) is 45.9 Å². The Morgan fingerprint density at radius 1 is 1.18 bits per heavy atom. The number of thiophene rings is 1. The van der Waals surface area contributed by atoms with Gasteiger partial charge in [-0.25, -0.2) is 4.79 Å². The zero-order chi connectivity index (χ0) is 19.9. The fourth-order valence-corrected chi connectivity index (χ4v) is 4.91. The van der Waals surface area contributed by atoms with E-state index in [0.717, 1.165) is 31.6 Å². The first-order valence-electron chi connectivity index (χ1n) is 9.63. The van der Waals surface area contributed by atoms with Crippen LogP contribution in [0.2, 0.25) is 0 Å². The lowest BCUT2D eigenvalue weighted by molar-refractivity contribution is 0.00695. The molecule has 28 heavy (non-hydrogen) atoms. The molecule has 0 unspecified atom stereocenters. The van der Waals surface area contributed by atoms with Gasteiger partial charge in [0.05, 0.1) is 5.56 Å². The predicted molar refractivity (Wildman–Crippen MR) is 116 cm³/mol. The quantitative estimate of drug-likeness (QED) is 0.635. The summed E-state index contributed by atoms with van der Waals surface area (Å²) in [7, 11) is 0. The molecule has 0 atom stereocenters. The molecule has 4 nitrogen and oxygen atoms in total. The molecule has 0 saturated heterocycles. The van der Waals surface area contributed by atoms with E-state index in [4.69, 9.17) is 10.5 Å². The number of nitrogens with zero attached hydrogens (tertiary/aromatic N) is 1. The highest BCUT2D eigenvalue weighted by Gasteiger charge is 2.29. The number of anilines is 1. The summed E-state index contributed by atoms with van der Waals surface area (Å²) in [6.45, 7) is 8.26. The first-order chi connectivity index (χ1) is 13.3. The maximum Gasteiger partial charge on any atom is 0.341 e. The third kappa shape index (κ3) is 3.91. The average molecular weight is 395 g/mol. The number of fused-ring (bicyclic) bond motifs is 2. The number of hydrogen-bond donors (Lipinski definition) is 1. The van der Waals surface area contributed by atoms with Crippen LogP contribution in [0.3, 0.4) is 0 Å². The molecule has 0 radical (unpaired) electrons. The summed E-state index contributed by atoms with van der Waals surface area (Å²) in [5, 5.41) is 3.11. The van der Waals surface area contributed by atoms with E-state index in [-0.39, 0.29) is 5.97 Å². The van der Waals surface area contributed by atoms with Crippen LogP contribution in [0, 0.1) is 0 Å². The first-order valence-corrected chi connectivity index (χ1v) is 10.5. The topological polar surface area (TPSA) is 55.6 Å². The van der Waals surface area contributed by atoms with E-state index in [1.54, 1.807) is 0 Å². The lowest BCUT2D eigenvalue weighted by atomic mass is 10.0. The zero-order valence-electron chi connectivity index (χ0n) is 16.6. The SMILES string of the molecule is CC(C)(C)OC(=O)c1c(N)sc2c1CCN(Cc1ccc3ccccc3c1)C2. The number of nitrogen functional groups attached to an aromatic ring is 1. The van der Waals surface area contributed by atoms with Gasteiger partial charge in [-0.15, -0.1) is 11.3 Å². The van der Waals surface area contributed by atoms with Crippen molar-refractivity contribution in [2.24, 2.45) is 0 Å². The van der Waals surface area contributed by atoms with E-state index in [0.29, 0.717) is 10.6 Å². The number of nitrogens with two attached hydrogens (primary N) is 1. The van der Waals surface area contributed by atoms with Crippen LogP contribution in [0.15, 0.2) is 42.5 Å². The van der Waals surface area contributed by atoms with Crippen molar-refractivity contribution in [2.75, 3.05) is 12.3 Å². The number of esters is 1. The highest BCUT2D eigenvalue weighted by molar-refractivity contribution is 7.16. The van der Waals surface area contributed by atoms with Crippen LogP contribution in [-0.2, 0) is 24.2 Å². The molecule has 2 N–H and O–H groups in total. The minimum atomic E-state index is -0.519. The van der Waals surface area contributed by atoms with Crippen LogP contribution < -0.4 is 5.73 Å². The molecule has 0 fully saturated rings. The van der Waals surface area contributed by atoms with Gasteiger partial charge in [-0.1, -0.05) is 36.4 Å². The monoisotopic (exact) mass is 394 g/mol. The third-order valence-electron chi connectivity index (χ3n) is 4.99. The van der Waals surface area contributed by atoms with Crippen LogP contribution in [0.1, 0.15) is 47.1 Å². The van der Waals surface area contributed by atoms with Gasteiger partial charge < -0.3 is 10.5 Å². The molecule has 4 rings (SSSR count).